The predicted octanol–water partition coefficient (Wildman–Crippen LogP) is 3.68. The summed E-state index contributed by atoms with van der Waals surface area (Å²) in [6.45, 7) is 10.6. The number of hydrogen-bond acceptors (Lipinski definition) is 6. The molecule has 1 saturated heterocycles. The zero-order valence-corrected chi connectivity index (χ0v) is 21.5. The number of pyridine rings is 1. The molecule has 1 amide bonds. The number of amides is 1. The van der Waals surface area contributed by atoms with E-state index in [1.54, 1.807) is 6.33 Å². The van der Waals surface area contributed by atoms with Gasteiger partial charge in [0.05, 0.1) is 29.5 Å². The Labute approximate surface area is 205 Å². The molecule has 5 heterocycles. The summed E-state index contributed by atoms with van der Waals surface area (Å²) in [7, 11) is 3.86. The molecule has 0 bridgehead atoms. The third kappa shape index (κ3) is 4.18. The lowest BCUT2D eigenvalue weighted by molar-refractivity contribution is -0.132. The lowest BCUT2D eigenvalue weighted by Gasteiger charge is -2.32. The molecule has 0 spiro atoms. The number of aromatic nitrogens is 6. The zero-order chi connectivity index (χ0) is 24.9. The van der Waals surface area contributed by atoms with Gasteiger partial charge >= 0.3 is 0 Å². The van der Waals surface area contributed by atoms with E-state index < -0.39 is 0 Å². The molecule has 0 unspecified atom stereocenters. The average Bonchev–Trinajstić information content (AvgIpc) is 3.45. The lowest BCUT2D eigenvalue weighted by atomic mass is 9.94. The highest BCUT2D eigenvalue weighted by Crippen LogP contribution is 2.38. The molecule has 184 valence electrons. The summed E-state index contributed by atoms with van der Waals surface area (Å²) in [4.78, 5) is 34.2. The minimum Gasteiger partial charge on any atom is -0.352 e. The summed E-state index contributed by atoms with van der Waals surface area (Å²) < 4.78 is 1.84. The molecule has 4 aromatic heterocycles. The molecule has 1 fully saturated rings. The number of carbonyl (C=O) groups excluding carboxylic acids is 1. The van der Waals surface area contributed by atoms with E-state index in [2.05, 4.69) is 49.0 Å². The maximum atomic E-state index is 12.4. The van der Waals surface area contributed by atoms with Crippen molar-refractivity contribution in [2.45, 2.75) is 52.4 Å². The maximum Gasteiger partial charge on any atom is 0.236 e. The number of aromatic amines is 1. The van der Waals surface area contributed by atoms with Gasteiger partial charge in [0.2, 0.25) is 5.91 Å². The van der Waals surface area contributed by atoms with E-state index in [-0.39, 0.29) is 17.7 Å². The number of H-pyrrole nitrogens is 1. The number of nitrogens with one attached hydrogen (secondary N) is 1. The lowest BCUT2D eigenvalue weighted by Crippen LogP contribution is -2.42. The van der Waals surface area contributed by atoms with Crippen molar-refractivity contribution in [2.24, 2.45) is 0 Å². The van der Waals surface area contributed by atoms with E-state index in [0.29, 0.717) is 6.54 Å². The Bertz CT molecular complexity index is 1390. The van der Waals surface area contributed by atoms with E-state index in [1.807, 2.05) is 34.6 Å². The highest BCUT2D eigenvalue weighted by Gasteiger charge is 2.27. The third-order valence-corrected chi connectivity index (χ3v) is 7.23. The summed E-state index contributed by atoms with van der Waals surface area (Å²) in [5.41, 5.74) is 8.50. The molecule has 9 heteroatoms. The van der Waals surface area contributed by atoms with Gasteiger partial charge in [-0.05, 0) is 57.8 Å². The van der Waals surface area contributed by atoms with Crippen molar-refractivity contribution in [1.29, 1.82) is 0 Å². The molecule has 4 aromatic rings. The summed E-state index contributed by atoms with van der Waals surface area (Å²) in [6, 6.07) is 0. The van der Waals surface area contributed by atoms with Crippen LogP contribution in [0.1, 0.15) is 61.0 Å². The van der Waals surface area contributed by atoms with E-state index >= 15 is 0 Å². The van der Waals surface area contributed by atoms with Gasteiger partial charge in [-0.25, -0.2) is 19.5 Å². The number of likely N-dealkylation sites (N-methyl/N-ethyl adjacent to an activating group) is 1. The van der Waals surface area contributed by atoms with Gasteiger partial charge in [0.1, 0.15) is 12.2 Å². The van der Waals surface area contributed by atoms with Crippen LogP contribution in [0.2, 0.25) is 0 Å². The molecule has 0 aromatic carbocycles. The van der Waals surface area contributed by atoms with Gasteiger partial charge in [0.15, 0.2) is 5.65 Å². The molecule has 35 heavy (non-hydrogen) atoms. The Morgan fingerprint density at radius 1 is 1.17 bits per heavy atom. The number of carbonyl (C=O) groups is 1. The van der Waals surface area contributed by atoms with E-state index in [0.717, 1.165) is 65.3 Å². The van der Waals surface area contributed by atoms with Gasteiger partial charge in [-0.1, -0.05) is 13.8 Å². The third-order valence-electron chi connectivity index (χ3n) is 7.23. The highest BCUT2D eigenvalue weighted by molar-refractivity contribution is 5.89. The standard InChI is InChI=1S/C26H34N8O/c1-15(2)22-23(19-12-34-26(28-14-29-34)17(4)16(19)3)30-20-11-27-25(31-24(20)22)18-7-9-33(10-8-18)21(35)13-32(5)6/h11-12,14-15,18,30H,7-10,13H2,1-6H3. The van der Waals surface area contributed by atoms with E-state index in [1.165, 1.54) is 11.1 Å². The van der Waals surface area contributed by atoms with Crippen LogP contribution >= 0.6 is 0 Å². The normalized spacial score (nSPS) is 15.3. The molecule has 1 aliphatic heterocycles. The van der Waals surface area contributed by atoms with Gasteiger partial charge in [0, 0.05) is 36.3 Å². The maximum absolute atomic E-state index is 12.4. The van der Waals surface area contributed by atoms with Crippen molar-refractivity contribution in [3.8, 4) is 11.3 Å². The fraction of sp³-hybridized carbons (Fsp3) is 0.500. The van der Waals surface area contributed by atoms with Crippen LogP contribution < -0.4 is 0 Å². The number of likely N-dealkylation sites (tertiary alicyclic amines) is 1. The second-order valence-electron chi connectivity index (χ2n) is 10.3. The van der Waals surface area contributed by atoms with Crippen LogP contribution in [0.5, 0.6) is 0 Å². The minimum atomic E-state index is 0.192. The second kappa shape index (κ2) is 9.03. The molecular formula is C26H34N8O. The number of piperidine rings is 1. The van der Waals surface area contributed by atoms with Crippen LogP contribution in [0, 0.1) is 13.8 Å². The smallest absolute Gasteiger partial charge is 0.236 e. The molecule has 5 rings (SSSR count). The van der Waals surface area contributed by atoms with Gasteiger partial charge in [-0.2, -0.15) is 5.10 Å². The monoisotopic (exact) mass is 474 g/mol. The molecule has 1 N–H and O–H groups in total. The Balaban J connectivity index is 1.50. The molecular weight excluding hydrogens is 440 g/mol. The van der Waals surface area contributed by atoms with E-state index in [9.17, 15) is 4.79 Å². The predicted molar refractivity (Wildman–Crippen MR) is 137 cm³/mol. The largest absolute Gasteiger partial charge is 0.352 e. The zero-order valence-electron chi connectivity index (χ0n) is 21.5. The summed E-state index contributed by atoms with van der Waals surface area (Å²) in [5.74, 6) is 1.61. The van der Waals surface area contributed by atoms with Gasteiger partial charge in [0.25, 0.3) is 0 Å². The Morgan fingerprint density at radius 3 is 2.60 bits per heavy atom. The fourth-order valence-corrected chi connectivity index (χ4v) is 5.20. The van der Waals surface area contributed by atoms with Crippen LogP contribution in [0.25, 0.3) is 27.9 Å². The van der Waals surface area contributed by atoms with E-state index in [4.69, 9.17) is 9.97 Å². The van der Waals surface area contributed by atoms with Crippen LogP contribution in [-0.2, 0) is 4.79 Å². The average molecular weight is 475 g/mol. The molecule has 0 radical (unpaired) electrons. The number of hydrogen-bond donors (Lipinski definition) is 1. The minimum absolute atomic E-state index is 0.192. The van der Waals surface area contributed by atoms with Crippen molar-refractivity contribution in [3.63, 3.8) is 0 Å². The van der Waals surface area contributed by atoms with Crippen molar-refractivity contribution in [1.82, 2.24) is 39.3 Å². The molecule has 0 saturated carbocycles. The van der Waals surface area contributed by atoms with Gasteiger partial charge < -0.3 is 14.8 Å². The summed E-state index contributed by atoms with van der Waals surface area (Å²) >= 11 is 0. The van der Waals surface area contributed by atoms with Crippen LogP contribution in [0.3, 0.4) is 0 Å². The molecule has 0 atom stereocenters. The quantitative estimate of drug-likeness (QED) is 0.474. The van der Waals surface area contributed by atoms with Crippen LogP contribution in [-0.4, -0.2) is 79.0 Å². The van der Waals surface area contributed by atoms with Crippen LogP contribution in [0.15, 0.2) is 18.7 Å². The summed E-state index contributed by atoms with van der Waals surface area (Å²) in [5, 5.41) is 4.38. The molecule has 0 aliphatic carbocycles. The Morgan fingerprint density at radius 2 is 1.91 bits per heavy atom. The Kier molecular flexibility index (Phi) is 6.04. The first kappa shape index (κ1) is 23.4. The van der Waals surface area contributed by atoms with Crippen molar-refractivity contribution in [2.75, 3.05) is 33.7 Å². The summed E-state index contributed by atoms with van der Waals surface area (Å²) in [6.07, 6.45) is 7.35. The van der Waals surface area contributed by atoms with Crippen molar-refractivity contribution in [3.05, 3.63) is 41.2 Å². The number of rotatable bonds is 5. The number of nitrogens with zero attached hydrogens (tertiary/aromatic N) is 7. The number of fused-ring (bicyclic) bond motifs is 2. The topological polar surface area (TPSA) is 95.3 Å². The van der Waals surface area contributed by atoms with Gasteiger partial charge in [-0.15, -0.1) is 0 Å². The molecule has 9 nitrogen and oxygen atoms in total. The highest BCUT2D eigenvalue weighted by atomic mass is 16.2. The van der Waals surface area contributed by atoms with Crippen molar-refractivity contribution < 1.29 is 4.79 Å². The van der Waals surface area contributed by atoms with Gasteiger partial charge in [-0.3, -0.25) is 4.79 Å². The second-order valence-corrected chi connectivity index (χ2v) is 10.3. The van der Waals surface area contributed by atoms with Crippen LogP contribution in [0.4, 0.5) is 0 Å². The van der Waals surface area contributed by atoms with Crippen molar-refractivity contribution >= 4 is 22.6 Å². The Hall–Kier alpha value is -3.33. The first-order chi connectivity index (χ1) is 16.7. The molecule has 1 aliphatic rings. The fourth-order valence-electron chi connectivity index (χ4n) is 5.20. The first-order valence-electron chi connectivity index (χ1n) is 12.4. The number of aryl methyl sites for hydroxylation is 1. The first-order valence-corrected chi connectivity index (χ1v) is 12.4. The SMILES string of the molecule is Cc1c(-c2[nH]c3cnc(C4CCN(C(=O)CN(C)C)CC4)nc3c2C(C)C)cn2ncnc2c1C.